The first-order chi connectivity index (χ1) is 11.1. The van der Waals surface area contributed by atoms with Crippen molar-refractivity contribution in [1.82, 2.24) is 0 Å². The van der Waals surface area contributed by atoms with Crippen molar-refractivity contribution in [2.45, 2.75) is 77.8 Å². The molecule has 0 atom stereocenters. The van der Waals surface area contributed by atoms with E-state index in [0.29, 0.717) is 0 Å². The molecular weight excluding hydrogens is 311 g/mol. The zero-order valence-electron chi connectivity index (χ0n) is 16.5. The lowest BCUT2D eigenvalue weighted by atomic mass is 9.78. The third-order valence-corrected chi connectivity index (χ3v) is 8.64. The number of benzene rings is 1. The monoisotopic (exact) mass is 344 g/mol. The van der Waals surface area contributed by atoms with Gasteiger partial charge in [0.2, 0.25) is 0 Å². The van der Waals surface area contributed by atoms with Crippen LogP contribution in [0.3, 0.4) is 0 Å². The van der Waals surface area contributed by atoms with Gasteiger partial charge in [0.25, 0.3) is 0 Å². The lowest BCUT2D eigenvalue weighted by Gasteiger charge is -2.32. The Balaban J connectivity index is 2.25. The van der Waals surface area contributed by atoms with Gasteiger partial charge in [0.05, 0.1) is 19.3 Å². The molecule has 0 bridgehead atoms. The van der Waals surface area contributed by atoms with Gasteiger partial charge < -0.3 is 9.31 Å². The summed E-state index contributed by atoms with van der Waals surface area (Å²) in [4.78, 5) is 0. The van der Waals surface area contributed by atoms with E-state index in [1.807, 2.05) is 0 Å². The van der Waals surface area contributed by atoms with Crippen molar-refractivity contribution in [2.75, 3.05) is 0 Å². The summed E-state index contributed by atoms with van der Waals surface area (Å²) in [6.45, 7) is 15.6. The van der Waals surface area contributed by atoms with Crippen molar-refractivity contribution in [3.8, 4) is 0 Å². The van der Waals surface area contributed by atoms with E-state index in [4.69, 9.17) is 9.31 Å². The highest BCUT2D eigenvalue weighted by Gasteiger charge is 2.52. The molecule has 2 rings (SSSR count). The molecule has 1 fully saturated rings. The first kappa shape index (κ1) is 19.5. The fourth-order valence-electron chi connectivity index (χ4n) is 3.08. The summed E-state index contributed by atoms with van der Waals surface area (Å²) in [5, 5.41) is 1.49. The van der Waals surface area contributed by atoms with Crippen LogP contribution in [-0.2, 0) is 9.31 Å². The van der Waals surface area contributed by atoms with E-state index in [2.05, 4.69) is 84.1 Å². The Kier molecular flexibility index (Phi) is 5.83. The molecule has 0 aromatic heterocycles. The molecule has 0 radical (unpaired) electrons. The third kappa shape index (κ3) is 4.22. The summed E-state index contributed by atoms with van der Waals surface area (Å²) in [5.74, 6) is 0. The fourth-order valence-corrected chi connectivity index (χ4v) is 5.71. The van der Waals surface area contributed by atoms with E-state index >= 15 is 0 Å². The minimum Gasteiger partial charge on any atom is -0.400 e. The molecule has 0 amide bonds. The predicted molar refractivity (Wildman–Crippen MR) is 107 cm³/mol. The van der Waals surface area contributed by atoms with E-state index in [1.54, 1.807) is 0 Å². The van der Waals surface area contributed by atoms with Crippen molar-refractivity contribution >= 4 is 20.4 Å². The highest BCUT2D eigenvalue weighted by atomic mass is 28.3. The van der Waals surface area contributed by atoms with Gasteiger partial charge in [-0.1, -0.05) is 68.0 Å². The molecule has 132 valence electrons. The minimum absolute atomic E-state index is 0.211. The van der Waals surface area contributed by atoms with E-state index in [-0.39, 0.29) is 18.3 Å². The Bertz CT molecular complexity index is 563. The van der Waals surface area contributed by atoms with E-state index in [0.717, 1.165) is 18.9 Å². The number of hydrogen-bond acceptors (Lipinski definition) is 2. The number of hydrogen-bond donors (Lipinski definition) is 0. The molecule has 1 aliphatic rings. The average molecular weight is 344 g/mol. The molecule has 0 aliphatic carbocycles. The molecule has 4 heteroatoms. The standard InChI is InChI=1S/C20H33BO2Si/c1-8-9-13-17(21-22-19(2,3)20(4,5)23-21)16-24(6,7)18-14-11-10-12-15-18/h10-15H,8-9,16H2,1-7H3/b17-13-. The summed E-state index contributed by atoms with van der Waals surface area (Å²) in [6, 6.07) is 12.0. The number of rotatable bonds is 6. The second-order valence-corrected chi connectivity index (χ2v) is 13.3. The lowest BCUT2D eigenvalue weighted by molar-refractivity contribution is 0.00578. The smallest absolute Gasteiger partial charge is 0.400 e. The number of allylic oxidation sites excluding steroid dienone is 2. The summed E-state index contributed by atoms with van der Waals surface area (Å²) in [7, 11) is -1.79. The molecule has 0 spiro atoms. The predicted octanol–water partition coefficient (Wildman–Crippen LogP) is 4.96. The van der Waals surface area contributed by atoms with Crippen LogP contribution in [0.25, 0.3) is 0 Å². The van der Waals surface area contributed by atoms with Crippen LogP contribution in [0.5, 0.6) is 0 Å². The molecular formula is C20H33BO2Si. The highest BCUT2D eigenvalue weighted by molar-refractivity contribution is 6.91. The Morgan fingerprint density at radius 1 is 1.04 bits per heavy atom. The quantitative estimate of drug-likeness (QED) is 0.679. The van der Waals surface area contributed by atoms with Gasteiger partial charge in [-0.25, -0.2) is 0 Å². The zero-order chi connectivity index (χ0) is 18.0. The Morgan fingerprint density at radius 2 is 1.58 bits per heavy atom. The van der Waals surface area contributed by atoms with Gasteiger partial charge in [-0.05, 0) is 45.6 Å². The van der Waals surface area contributed by atoms with Crippen LogP contribution in [-0.4, -0.2) is 26.4 Å². The first-order valence-corrected chi connectivity index (χ1v) is 12.4. The first-order valence-electron chi connectivity index (χ1n) is 9.19. The lowest BCUT2D eigenvalue weighted by Crippen LogP contribution is -2.43. The Hall–Kier alpha value is -0.838. The summed E-state index contributed by atoms with van der Waals surface area (Å²) >= 11 is 0. The van der Waals surface area contributed by atoms with Crippen LogP contribution in [0.15, 0.2) is 41.9 Å². The normalized spacial score (nSPS) is 20.5. The van der Waals surface area contributed by atoms with Gasteiger partial charge in [0, 0.05) is 0 Å². The molecule has 1 aromatic carbocycles. The third-order valence-electron chi connectivity index (χ3n) is 5.45. The second kappa shape index (κ2) is 7.19. The molecule has 0 N–H and O–H groups in total. The van der Waals surface area contributed by atoms with Crippen molar-refractivity contribution in [2.24, 2.45) is 0 Å². The van der Waals surface area contributed by atoms with Gasteiger partial charge in [0.15, 0.2) is 0 Å². The Morgan fingerprint density at radius 3 is 2.08 bits per heavy atom. The van der Waals surface area contributed by atoms with Crippen LogP contribution in [0.1, 0.15) is 47.5 Å². The van der Waals surface area contributed by atoms with Gasteiger partial charge in [-0.2, -0.15) is 0 Å². The van der Waals surface area contributed by atoms with Gasteiger partial charge >= 0.3 is 7.12 Å². The molecule has 1 saturated heterocycles. The largest absolute Gasteiger partial charge is 0.489 e. The maximum absolute atomic E-state index is 6.34. The van der Waals surface area contributed by atoms with E-state index in [9.17, 15) is 0 Å². The summed E-state index contributed by atoms with van der Waals surface area (Å²) < 4.78 is 12.7. The fraction of sp³-hybridized carbons (Fsp3) is 0.600. The van der Waals surface area contributed by atoms with Crippen molar-refractivity contribution in [3.05, 3.63) is 41.9 Å². The molecule has 2 nitrogen and oxygen atoms in total. The average Bonchev–Trinajstić information content (AvgIpc) is 2.72. The molecule has 0 saturated carbocycles. The SMILES string of the molecule is CCC/C=C(/C[Si](C)(C)c1ccccc1)B1OC(C)(C)C(C)(C)O1. The highest BCUT2D eigenvalue weighted by Crippen LogP contribution is 2.40. The molecule has 24 heavy (non-hydrogen) atoms. The molecule has 0 unspecified atom stereocenters. The van der Waals surface area contributed by atoms with Crippen molar-refractivity contribution in [3.63, 3.8) is 0 Å². The zero-order valence-corrected chi connectivity index (χ0v) is 17.5. The van der Waals surface area contributed by atoms with Gasteiger partial charge in [-0.15, -0.1) is 0 Å². The Labute approximate surface area is 149 Å². The van der Waals surface area contributed by atoms with Crippen molar-refractivity contribution in [1.29, 1.82) is 0 Å². The summed E-state index contributed by atoms with van der Waals surface area (Å²) in [6.07, 6.45) is 4.59. The summed E-state index contributed by atoms with van der Waals surface area (Å²) in [5.41, 5.74) is 0.777. The van der Waals surface area contributed by atoms with Crippen LogP contribution >= 0.6 is 0 Å². The number of unbranched alkanes of at least 4 members (excludes halogenated alkanes) is 1. The molecule has 1 aromatic rings. The van der Waals surface area contributed by atoms with Crippen molar-refractivity contribution < 1.29 is 9.31 Å². The van der Waals surface area contributed by atoms with Gasteiger partial charge in [0.1, 0.15) is 0 Å². The van der Waals surface area contributed by atoms with Gasteiger partial charge in [-0.3, -0.25) is 0 Å². The topological polar surface area (TPSA) is 18.5 Å². The maximum atomic E-state index is 6.34. The van der Waals surface area contributed by atoms with Crippen LogP contribution in [0, 0.1) is 0 Å². The minimum atomic E-state index is -1.58. The van der Waals surface area contributed by atoms with Crippen LogP contribution < -0.4 is 5.19 Å². The molecule has 1 heterocycles. The van der Waals surface area contributed by atoms with E-state index in [1.165, 1.54) is 10.7 Å². The van der Waals surface area contributed by atoms with Crippen LogP contribution in [0.4, 0.5) is 0 Å². The molecule has 1 aliphatic heterocycles. The second-order valence-electron chi connectivity index (χ2n) is 8.58. The van der Waals surface area contributed by atoms with Crippen LogP contribution in [0.2, 0.25) is 19.1 Å². The van der Waals surface area contributed by atoms with E-state index < -0.39 is 8.07 Å². The maximum Gasteiger partial charge on any atom is 0.489 e.